The van der Waals surface area contributed by atoms with E-state index in [-0.39, 0.29) is 33.7 Å². The molecule has 0 radical (unpaired) electrons. The summed E-state index contributed by atoms with van der Waals surface area (Å²) >= 11 is 0. The first-order valence-corrected chi connectivity index (χ1v) is 16.4. The maximum Gasteiger partial charge on any atom is 0.356 e. The first-order chi connectivity index (χ1) is 19.9. The summed E-state index contributed by atoms with van der Waals surface area (Å²) in [4.78, 5) is 57.4. The summed E-state index contributed by atoms with van der Waals surface area (Å²) in [5, 5.41) is 5.80. The zero-order valence-corrected chi connectivity index (χ0v) is 27.2. The van der Waals surface area contributed by atoms with Crippen molar-refractivity contribution in [3.63, 3.8) is 0 Å². The zero-order valence-electron chi connectivity index (χ0n) is 25.1. The average Bonchev–Trinajstić information content (AvgIpc) is 3.13. The molecule has 1 aliphatic heterocycles. The topological polar surface area (TPSA) is 272 Å². The molecule has 2 aromatic carbocycles. The fourth-order valence-corrected chi connectivity index (χ4v) is 6.98. The zero-order chi connectivity index (χ0) is 30.4. The van der Waals surface area contributed by atoms with Crippen LogP contribution >= 0.6 is 16.8 Å². The van der Waals surface area contributed by atoms with E-state index in [1.165, 1.54) is 38.3 Å². The highest BCUT2D eigenvalue weighted by Gasteiger charge is 2.29. The summed E-state index contributed by atoms with van der Waals surface area (Å²) in [5.74, 6) is -0.321. The van der Waals surface area contributed by atoms with E-state index in [0.29, 0.717) is 59.9 Å². The van der Waals surface area contributed by atoms with E-state index in [1.807, 2.05) is 0 Å². The summed E-state index contributed by atoms with van der Waals surface area (Å²) in [7, 11) is -2.27. The van der Waals surface area contributed by atoms with Crippen LogP contribution in [0.1, 0.15) is 79.4 Å². The Morgan fingerprint density at radius 2 is 1.76 bits per heavy atom. The molecule has 3 amide bonds. The van der Waals surface area contributed by atoms with Crippen molar-refractivity contribution in [1.82, 2.24) is 10.6 Å². The number of hydrogen-bond donors (Lipinski definition) is 5. The normalized spacial score (nSPS) is 16.9. The van der Waals surface area contributed by atoms with Crippen LogP contribution in [0.3, 0.4) is 0 Å². The van der Waals surface area contributed by atoms with Gasteiger partial charge < -0.3 is 52.1 Å². The van der Waals surface area contributed by atoms with E-state index in [4.69, 9.17) is 15.2 Å². The number of nitrogens with two attached hydrogens (primary N) is 1. The van der Waals surface area contributed by atoms with Gasteiger partial charge in [0.25, 0.3) is 5.91 Å². The van der Waals surface area contributed by atoms with Gasteiger partial charge >= 0.3 is 7.60 Å². The maximum absolute atomic E-state index is 13.5. The number of hydrogen-bond acceptors (Lipinski definition) is 6. The predicted molar refractivity (Wildman–Crippen MR) is 172 cm³/mol. The van der Waals surface area contributed by atoms with Crippen LogP contribution in [0.4, 0.5) is 0 Å². The number of ether oxygens (including phenoxy) is 2. The molecule has 1 unspecified atom stereocenters. The highest BCUT2D eigenvalue weighted by Crippen LogP contribution is 2.38. The molecule has 0 saturated heterocycles. The molecule has 1 saturated carbocycles. The number of carbonyl (C=O) groups is 3. The number of amides is 3. The number of primary amides is 1. The van der Waals surface area contributed by atoms with Gasteiger partial charge in [0, 0.05) is 25.0 Å². The van der Waals surface area contributed by atoms with Gasteiger partial charge in [0.15, 0.2) is 0 Å². The van der Waals surface area contributed by atoms with Crippen molar-refractivity contribution in [1.29, 1.82) is 0 Å². The van der Waals surface area contributed by atoms with Crippen molar-refractivity contribution in [2.24, 2.45) is 11.7 Å². The minimum Gasteiger partial charge on any atom is -0.493 e. The summed E-state index contributed by atoms with van der Waals surface area (Å²) in [6.07, 6.45) is 6.85. The van der Waals surface area contributed by atoms with Crippen LogP contribution < -0.4 is 36.5 Å². The van der Waals surface area contributed by atoms with Gasteiger partial charge in [0.05, 0.1) is 30.1 Å². The Bertz CT molecular complexity index is 1380. The van der Waals surface area contributed by atoms with Crippen LogP contribution in [-0.4, -0.2) is 63.2 Å². The Balaban J connectivity index is 0.00000337. The van der Waals surface area contributed by atoms with Crippen molar-refractivity contribution in [2.45, 2.75) is 70.4 Å². The molecule has 16 heteroatoms. The number of rotatable bonds is 10. The lowest BCUT2D eigenvalue weighted by Gasteiger charge is -2.25. The molecule has 1 fully saturated rings. The molecule has 0 bridgehead atoms. The summed E-state index contributed by atoms with van der Waals surface area (Å²) in [6.45, 7) is 2.17. The van der Waals surface area contributed by atoms with E-state index < -0.39 is 37.4 Å². The summed E-state index contributed by atoms with van der Waals surface area (Å²) in [6, 6.07) is 6.24. The van der Waals surface area contributed by atoms with E-state index >= 15 is 0 Å². The van der Waals surface area contributed by atoms with Crippen molar-refractivity contribution in [3.05, 3.63) is 47.0 Å². The lowest BCUT2D eigenvalue weighted by molar-refractivity contribution is -0.128. The standard InChI is InChI=1S/C29H39N3O8P2.3H2O/c1-17(33)31-23(12-19-9-10-26(41)27(13-19)42(36,37)38)29(35)32-22-8-5-11-39-24-15-25(21(28(30)34)14-20(22)24)40-16-18-6-3-2-4-7-18;;;/h9-10,13-15,18,22-23H,2-8,11-12,16,41H2,1H3,(H2,30,34)(H,31,33)(H,32,35)(H2,36,37,38);3*1H2/t22-,23-;;;/m0.../s1. The second kappa shape index (κ2) is 17.6. The Kier molecular flexibility index (Phi) is 15.6. The SMILES string of the molecule is CC(=O)N[C@@H](Cc1ccc(P)c(P(=O)(O)O)c1)C(=O)N[C@H]1CCCOc2cc(OCC3CCCCC3)c(C(N)=O)cc21.O.O.O. The van der Waals surface area contributed by atoms with E-state index in [9.17, 15) is 28.7 Å². The Hall–Kier alpha value is -3.09. The van der Waals surface area contributed by atoms with Gasteiger partial charge in [0.2, 0.25) is 11.8 Å². The van der Waals surface area contributed by atoms with Gasteiger partial charge in [0.1, 0.15) is 17.5 Å². The smallest absolute Gasteiger partial charge is 0.356 e. The number of fused-ring (bicyclic) bond motifs is 1. The summed E-state index contributed by atoms with van der Waals surface area (Å²) < 4.78 is 24.0. The lowest BCUT2D eigenvalue weighted by atomic mass is 9.90. The van der Waals surface area contributed by atoms with Crippen molar-refractivity contribution < 1.29 is 54.6 Å². The molecule has 1 heterocycles. The minimum absolute atomic E-state index is 0. The molecule has 2 aromatic rings. The van der Waals surface area contributed by atoms with Gasteiger partial charge in [-0.25, -0.2) is 0 Å². The molecular formula is C29H45N3O11P2. The highest BCUT2D eigenvalue weighted by molar-refractivity contribution is 7.61. The Labute approximate surface area is 264 Å². The number of carbonyl (C=O) groups excluding carboxylic acids is 3. The molecule has 12 N–H and O–H groups in total. The van der Waals surface area contributed by atoms with Crippen LogP contribution in [0.2, 0.25) is 0 Å². The van der Waals surface area contributed by atoms with Gasteiger partial charge in [-0.05, 0) is 54.6 Å². The van der Waals surface area contributed by atoms with Crippen molar-refractivity contribution in [2.75, 3.05) is 13.2 Å². The van der Waals surface area contributed by atoms with E-state index in [1.54, 1.807) is 18.2 Å². The van der Waals surface area contributed by atoms with Crippen LogP contribution in [0.25, 0.3) is 0 Å². The Morgan fingerprint density at radius 3 is 2.38 bits per heavy atom. The van der Waals surface area contributed by atoms with Crippen LogP contribution in [-0.2, 0) is 20.6 Å². The molecule has 14 nitrogen and oxygen atoms in total. The predicted octanol–water partition coefficient (Wildman–Crippen LogP) is -0.349. The molecule has 0 aromatic heterocycles. The molecule has 4 rings (SSSR count). The molecular weight excluding hydrogens is 628 g/mol. The molecule has 1 aliphatic carbocycles. The van der Waals surface area contributed by atoms with Gasteiger partial charge in [-0.2, -0.15) is 0 Å². The van der Waals surface area contributed by atoms with E-state index in [2.05, 4.69) is 19.9 Å². The fourth-order valence-electron chi connectivity index (χ4n) is 5.55. The first-order valence-electron chi connectivity index (χ1n) is 14.2. The quantitative estimate of drug-likeness (QED) is 0.207. The second-order valence-electron chi connectivity index (χ2n) is 11.0. The monoisotopic (exact) mass is 673 g/mol. The molecule has 3 atom stereocenters. The number of benzene rings is 2. The van der Waals surface area contributed by atoms with Gasteiger partial charge in [-0.1, -0.05) is 31.4 Å². The van der Waals surface area contributed by atoms with Crippen molar-refractivity contribution >= 4 is 45.2 Å². The fraction of sp³-hybridized carbons (Fsp3) is 0.483. The van der Waals surface area contributed by atoms with Gasteiger partial charge in [-0.15, -0.1) is 9.24 Å². The van der Waals surface area contributed by atoms with Crippen LogP contribution in [0.5, 0.6) is 11.5 Å². The third-order valence-corrected chi connectivity index (χ3v) is 9.47. The highest BCUT2D eigenvalue weighted by atomic mass is 31.2. The summed E-state index contributed by atoms with van der Waals surface area (Å²) in [5.41, 5.74) is 6.98. The first kappa shape index (κ1) is 39.9. The van der Waals surface area contributed by atoms with E-state index in [0.717, 1.165) is 12.8 Å². The second-order valence-corrected chi connectivity index (χ2v) is 13.2. The molecule has 2 aliphatic rings. The third-order valence-electron chi connectivity index (χ3n) is 7.71. The minimum atomic E-state index is -4.55. The number of nitrogens with one attached hydrogen (secondary N) is 2. The Morgan fingerprint density at radius 1 is 1.07 bits per heavy atom. The van der Waals surface area contributed by atoms with Gasteiger partial charge in [-0.3, -0.25) is 18.9 Å². The third kappa shape index (κ3) is 10.7. The molecule has 0 spiro atoms. The molecule has 252 valence electrons. The average molecular weight is 674 g/mol. The van der Waals surface area contributed by atoms with Crippen molar-refractivity contribution in [3.8, 4) is 11.5 Å². The van der Waals surface area contributed by atoms with Crippen LogP contribution in [0.15, 0.2) is 30.3 Å². The largest absolute Gasteiger partial charge is 0.493 e. The molecule has 45 heavy (non-hydrogen) atoms. The maximum atomic E-state index is 13.5. The lowest BCUT2D eigenvalue weighted by Crippen LogP contribution is -2.48. The van der Waals surface area contributed by atoms with Crippen LogP contribution in [0, 0.1) is 5.92 Å².